The van der Waals surface area contributed by atoms with E-state index in [1.807, 2.05) is 42.5 Å². The van der Waals surface area contributed by atoms with Gasteiger partial charge in [-0.25, -0.2) is 0 Å². The van der Waals surface area contributed by atoms with E-state index in [1.54, 1.807) is 6.20 Å². The van der Waals surface area contributed by atoms with Gasteiger partial charge in [0.05, 0.1) is 0 Å². The molecule has 1 aromatic carbocycles. The molecule has 0 fully saturated rings. The topological polar surface area (TPSA) is 12.9 Å². The average molecular weight is 346 g/mol. The Labute approximate surface area is 91.2 Å². The van der Waals surface area contributed by atoms with Crippen molar-refractivity contribution >= 4 is 0 Å². The van der Waals surface area contributed by atoms with Gasteiger partial charge in [-0.15, -0.1) is 17.7 Å². The number of benzene rings is 1. The standard InChI is InChI=1S/C11H8N.Ir/c1-2-5-10(6-3-1)11-7-4-8-12-9-11;/h1-8H;/q-1;+3. The predicted octanol–water partition coefficient (Wildman–Crippen LogP) is 2.55. The largest absolute Gasteiger partial charge is 3.00 e. The Kier molecular flexibility index (Phi) is 3.81. The van der Waals surface area contributed by atoms with Gasteiger partial charge in [0.15, 0.2) is 0 Å². The van der Waals surface area contributed by atoms with Gasteiger partial charge in [-0.05, 0) is 6.20 Å². The van der Waals surface area contributed by atoms with Gasteiger partial charge in [-0.1, -0.05) is 42.1 Å². The average Bonchev–Trinajstić information content (AvgIpc) is 2.21. The summed E-state index contributed by atoms with van der Waals surface area (Å²) in [6.07, 6.45) is 4.66. The smallest absolute Gasteiger partial charge is 0.360 e. The summed E-state index contributed by atoms with van der Waals surface area (Å²) in [7, 11) is 0. The summed E-state index contributed by atoms with van der Waals surface area (Å²) < 4.78 is 0. The van der Waals surface area contributed by atoms with E-state index in [0.29, 0.717) is 0 Å². The molecule has 0 radical (unpaired) electrons. The first-order valence-electron chi connectivity index (χ1n) is 3.85. The van der Waals surface area contributed by atoms with Crippen molar-refractivity contribution in [3.05, 3.63) is 54.9 Å². The minimum atomic E-state index is 0. The van der Waals surface area contributed by atoms with Crippen LogP contribution >= 0.6 is 0 Å². The molecule has 13 heavy (non-hydrogen) atoms. The minimum Gasteiger partial charge on any atom is -0.360 e. The molecule has 0 aliphatic rings. The van der Waals surface area contributed by atoms with Crippen molar-refractivity contribution in [2.24, 2.45) is 0 Å². The van der Waals surface area contributed by atoms with Crippen molar-refractivity contribution in [1.29, 1.82) is 0 Å². The second-order valence-corrected chi connectivity index (χ2v) is 2.53. The molecule has 2 heteroatoms. The first-order chi connectivity index (χ1) is 5.97. The Morgan fingerprint density at radius 3 is 2.31 bits per heavy atom. The van der Waals surface area contributed by atoms with E-state index in [1.165, 1.54) is 0 Å². The first kappa shape index (κ1) is 10.1. The number of nitrogens with zero attached hydrogens (tertiary/aromatic N) is 1. The quantitative estimate of drug-likeness (QED) is 0.723. The van der Waals surface area contributed by atoms with Gasteiger partial charge in [-0.3, -0.25) is 0 Å². The molecular formula is C11H8IrN+2. The first-order valence-corrected chi connectivity index (χ1v) is 3.85. The van der Waals surface area contributed by atoms with Crippen LogP contribution in [-0.2, 0) is 20.1 Å². The molecule has 0 saturated carbocycles. The number of rotatable bonds is 1. The van der Waals surface area contributed by atoms with Gasteiger partial charge < -0.3 is 4.98 Å². The second-order valence-electron chi connectivity index (χ2n) is 2.53. The van der Waals surface area contributed by atoms with Gasteiger partial charge in [0.1, 0.15) is 0 Å². The number of hydrogen-bond donors (Lipinski definition) is 0. The normalized spacial score (nSPS) is 8.92. The Hall–Kier alpha value is -0.981. The van der Waals surface area contributed by atoms with Crippen LogP contribution in [0.3, 0.4) is 0 Å². The fourth-order valence-electron chi connectivity index (χ4n) is 1.10. The molecule has 1 heterocycles. The zero-order chi connectivity index (χ0) is 8.23. The zero-order valence-corrected chi connectivity index (χ0v) is 9.29. The van der Waals surface area contributed by atoms with Gasteiger partial charge in [0, 0.05) is 0 Å². The van der Waals surface area contributed by atoms with Crippen molar-refractivity contribution in [2.75, 3.05) is 0 Å². The van der Waals surface area contributed by atoms with E-state index < -0.39 is 0 Å². The van der Waals surface area contributed by atoms with Crippen molar-refractivity contribution in [3.63, 3.8) is 0 Å². The Bertz CT molecular complexity index is 307. The van der Waals surface area contributed by atoms with Crippen LogP contribution in [0.15, 0.2) is 48.7 Å². The molecule has 0 aliphatic carbocycles. The molecular weight excluding hydrogens is 338 g/mol. The van der Waals surface area contributed by atoms with Gasteiger partial charge in [0.2, 0.25) is 0 Å². The molecule has 2 aromatic rings. The molecule has 0 unspecified atom stereocenters. The summed E-state index contributed by atoms with van der Waals surface area (Å²) in [5, 5.41) is 0. The van der Waals surface area contributed by atoms with E-state index in [0.717, 1.165) is 11.1 Å². The van der Waals surface area contributed by atoms with Crippen LogP contribution in [0, 0.1) is 6.20 Å². The molecule has 0 bridgehead atoms. The van der Waals surface area contributed by atoms with Crippen LogP contribution in [-0.4, -0.2) is 4.98 Å². The zero-order valence-electron chi connectivity index (χ0n) is 6.90. The third kappa shape index (κ3) is 2.48. The maximum atomic E-state index is 3.94. The number of hydrogen-bond acceptors (Lipinski definition) is 1. The van der Waals surface area contributed by atoms with E-state index >= 15 is 0 Å². The van der Waals surface area contributed by atoms with Crippen molar-refractivity contribution in [2.45, 2.75) is 0 Å². The fraction of sp³-hybridized carbons (Fsp3) is 0. The van der Waals surface area contributed by atoms with E-state index in [2.05, 4.69) is 11.2 Å². The molecule has 1 nitrogen and oxygen atoms in total. The van der Waals surface area contributed by atoms with Crippen LogP contribution < -0.4 is 0 Å². The second kappa shape index (κ2) is 4.90. The van der Waals surface area contributed by atoms with Crippen LogP contribution in [0.2, 0.25) is 0 Å². The van der Waals surface area contributed by atoms with Crippen LogP contribution in [0.1, 0.15) is 0 Å². The summed E-state index contributed by atoms with van der Waals surface area (Å²) in [5.74, 6) is 0. The molecule has 0 atom stereocenters. The molecule has 0 spiro atoms. The fourth-order valence-corrected chi connectivity index (χ4v) is 1.10. The van der Waals surface area contributed by atoms with E-state index in [-0.39, 0.29) is 20.1 Å². The minimum absolute atomic E-state index is 0. The Morgan fingerprint density at radius 2 is 1.69 bits per heavy atom. The predicted molar refractivity (Wildman–Crippen MR) is 48.5 cm³/mol. The van der Waals surface area contributed by atoms with Gasteiger partial charge in [-0.2, -0.15) is 0 Å². The van der Waals surface area contributed by atoms with Crippen molar-refractivity contribution in [1.82, 2.24) is 4.98 Å². The van der Waals surface area contributed by atoms with Crippen molar-refractivity contribution < 1.29 is 20.1 Å². The molecule has 0 aliphatic heterocycles. The Morgan fingerprint density at radius 1 is 0.923 bits per heavy atom. The monoisotopic (exact) mass is 347 g/mol. The third-order valence-electron chi connectivity index (χ3n) is 1.69. The van der Waals surface area contributed by atoms with Crippen LogP contribution in [0.25, 0.3) is 11.1 Å². The van der Waals surface area contributed by atoms with Gasteiger partial charge in [0.25, 0.3) is 0 Å². The Balaban J connectivity index is 0.000000845. The van der Waals surface area contributed by atoms with E-state index in [4.69, 9.17) is 0 Å². The summed E-state index contributed by atoms with van der Waals surface area (Å²) in [6.45, 7) is 0. The molecule has 0 saturated heterocycles. The van der Waals surface area contributed by atoms with Crippen LogP contribution in [0.5, 0.6) is 0 Å². The number of aromatic nitrogens is 1. The molecule has 0 N–H and O–H groups in total. The summed E-state index contributed by atoms with van der Waals surface area (Å²) >= 11 is 0. The van der Waals surface area contributed by atoms with Gasteiger partial charge >= 0.3 is 20.1 Å². The molecule has 1 aromatic heterocycles. The summed E-state index contributed by atoms with van der Waals surface area (Å²) in [5.41, 5.74) is 2.20. The molecule has 2 rings (SSSR count). The summed E-state index contributed by atoms with van der Waals surface area (Å²) in [6, 6.07) is 14.0. The molecule has 64 valence electrons. The van der Waals surface area contributed by atoms with Crippen LogP contribution in [0.4, 0.5) is 0 Å². The SMILES string of the molecule is [Ir+3].[c-]1ncccc1-c1ccccc1. The summed E-state index contributed by atoms with van der Waals surface area (Å²) in [4.78, 5) is 3.94. The molecule has 0 amide bonds. The maximum absolute atomic E-state index is 3.94. The third-order valence-corrected chi connectivity index (χ3v) is 1.69. The maximum Gasteiger partial charge on any atom is 3.00 e. The number of pyridine rings is 1. The van der Waals surface area contributed by atoms with Crippen molar-refractivity contribution in [3.8, 4) is 11.1 Å². The van der Waals surface area contributed by atoms with E-state index in [9.17, 15) is 0 Å².